The summed E-state index contributed by atoms with van der Waals surface area (Å²) >= 11 is 3.15. The van der Waals surface area contributed by atoms with Gasteiger partial charge in [-0.15, -0.1) is 0 Å². The zero-order valence-electron chi connectivity index (χ0n) is 14.5. The van der Waals surface area contributed by atoms with Crippen LogP contribution in [0.5, 0.6) is 0 Å². The first-order valence-corrected chi connectivity index (χ1v) is 9.14. The molecule has 0 aromatic heterocycles. The molecule has 0 bridgehead atoms. The smallest absolute Gasteiger partial charge is 0.415 e. The van der Waals surface area contributed by atoms with Gasteiger partial charge in [0.25, 0.3) is 0 Å². The van der Waals surface area contributed by atoms with E-state index in [1.54, 1.807) is 0 Å². The van der Waals surface area contributed by atoms with Crippen LogP contribution in [-0.2, 0) is 19.1 Å². The molecule has 0 radical (unpaired) electrons. The Bertz CT molecular complexity index is 1000. The molecule has 0 spiro atoms. The van der Waals surface area contributed by atoms with Crippen LogP contribution < -0.4 is 5.32 Å². The van der Waals surface area contributed by atoms with Crippen molar-refractivity contribution in [2.75, 3.05) is 19.7 Å². The highest BCUT2D eigenvalue weighted by Gasteiger charge is 2.44. The van der Waals surface area contributed by atoms with Gasteiger partial charge in [-0.1, -0.05) is 12.6 Å². The summed E-state index contributed by atoms with van der Waals surface area (Å²) in [5.74, 6) is -2.03. The molecule has 1 unspecified atom stereocenters. The number of nitrogens with one attached hydrogen (secondary N) is 1. The fourth-order valence-electron chi connectivity index (χ4n) is 3.64. The molecule has 4 rings (SSSR count). The number of halogens is 2. The summed E-state index contributed by atoms with van der Waals surface area (Å²) < 4.78 is 23.9. The van der Waals surface area contributed by atoms with Gasteiger partial charge in [0.2, 0.25) is 0 Å². The molecule has 1 aromatic rings. The second-order valence-corrected chi connectivity index (χ2v) is 7.28. The van der Waals surface area contributed by atoms with Crippen molar-refractivity contribution in [3.8, 4) is 0 Å². The highest BCUT2D eigenvalue weighted by atomic mass is 79.9. The number of amides is 1. The third-order valence-corrected chi connectivity index (χ3v) is 5.41. The molecule has 7 nitrogen and oxygen atoms in total. The van der Waals surface area contributed by atoms with E-state index in [1.807, 2.05) is 0 Å². The summed E-state index contributed by atoms with van der Waals surface area (Å²) in [6.07, 6.45) is 0.296. The molecule has 0 saturated heterocycles. The molecule has 3 aliphatic rings. The number of hydrogen-bond donors (Lipinski definition) is 1. The topological polar surface area (TPSA) is 84.9 Å². The van der Waals surface area contributed by atoms with Crippen molar-refractivity contribution in [2.24, 2.45) is 0 Å². The number of carbonyl (C=O) groups excluding carboxylic acids is 3. The lowest BCUT2D eigenvalue weighted by Crippen LogP contribution is -2.47. The first-order valence-electron chi connectivity index (χ1n) is 8.35. The van der Waals surface area contributed by atoms with Gasteiger partial charge in [0.15, 0.2) is 5.78 Å². The van der Waals surface area contributed by atoms with E-state index in [0.717, 1.165) is 6.26 Å². The van der Waals surface area contributed by atoms with Crippen molar-refractivity contribution in [1.29, 1.82) is 0 Å². The Morgan fingerprint density at radius 3 is 2.82 bits per heavy atom. The maximum Gasteiger partial charge on any atom is 0.415 e. The number of esters is 1. The fourth-order valence-corrected chi connectivity index (χ4v) is 4.04. The number of ether oxygens (including phenoxy) is 2. The van der Waals surface area contributed by atoms with Gasteiger partial charge in [-0.3, -0.25) is 9.69 Å². The molecule has 0 aliphatic carbocycles. The molecular weight excluding hydrogens is 435 g/mol. The third-order valence-electron chi connectivity index (χ3n) is 4.80. The van der Waals surface area contributed by atoms with E-state index in [2.05, 4.69) is 27.8 Å². The number of dihydropyridines is 1. The quantitative estimate of drug-likeness (QED) is 0.552. The molecule has 1 N–H and O–H groups in total. The minimum atomic E-state index is -0.705. The molecule has 1 aromatic carbocycles. The predicted octanol–water partition coefficient (Wildman–Crippen LogP) is 2.50. The van der Waals surface area contributed by atoms with E-state index in [0.29, 0.717) is 28.1 Å². The maximum absolute atomic E-state index is 13.7. The lowest BCUT2D eigenvalue weighted by atomic mass is 9.78. The fraction of sp³-hybridized carbons (Fsp3) is 0.211. The van der Waals surface area contributed by atoms with Gasteiger partial charge in [-0.05, 0) is 33.6 Å². The van der Waals surface area contributed by atoms with Crippen molar-refractivity contribution in [1.82, 2.24) is 10.2 Å². The van der Waals surface area contributed by atoms with Gasteiger partial charge in [0, 0.05) is 17.2 Å². The van der Waals surface area contributed by atoms with Crippen LogP contribution in [0.4, 0.5) is 9.18 Å². The number of ketones is 1. The standard InChI is InChI=1S/C19H14BrFN2O5/c1-2-27-19(26)23-6-12-16(14(24)7-23)15(9-3-4-11(21)10(20)5-9)17-13(22-12)8-28-18(17)25/h2-5,15,22H,1,6-8H2. The van der Waals surface area contributed by atoms with E-state index >= 15 is 0 Å². The monoisotopic (exact) mass is 448 g/mol. The second kappa shape index (κ2) is 6.90. The lowest BCUT2D eigenvalue weighted by molar-refractivity contribution is -0.136. The first-order chi connectivity index (χ1) is 13.4. The van der Waals surface area contributed by atoms with Gasteiger partial charge >= 0.3 is 12.1 Å². The average molecular weight is 449 g/mol. The van der Waals surface area contributed by atoms with E-state index in [-0.39, 0.29) is 30.0 Å². The van der Waals surface area contributed by atoms with Crippen LogP contribution in [0.1, 0.15) is 11.5 Å². The average Bonchev–Trinajstić information content (AvgIpc) is 3.03. The van der Waals surface area contributed by atoms with Gasteiger partial charge in [-0.2, -0.15) is 0 Å². The Morgan fingerprint density at radius 2 is 2.11 bits per heavy atom. The molecule has 28 heavy (non-hydrogen) atoms. The number of rotatable bonds is 2. The van der Waals surface area contributed by atoms with Crippen LogP contribution in [0.3, 0.4) is 0 Å². The number of carbonyl (C=O) groups is 3. The predicted molar refractivity (Wildman–Crippen MR) is 98.2 cm³/mol. The zero-order chi connectivity index (χ0) is 20.0. The van der Waals surface area contributed by atoms with Gasteiger partial charge in [-0.25, -0.2) is 14.0 Å². The van der Waals surface area contributed by atoms with Crippen molar-refractivity contribution in [2.45, 2.75) is 5.92 Å². The van der Waals surface area contributed by atoms with Gasteiger partial charge in [0.1, 0.15) is 12.4 Å². The molecule has 0 saturated carbocycles. The Morgan fingerprint density at radius 1 is 1.32 bits per heavy atom. The highest BCUT2D eigenvalue weighted by Crippen LogP contribution is 2.43. The van der Waals surface area contributed by atoms with Crippen LogP contribution in [-0.4, -0.2) is 42.4 Å². The van der Waals surface area contributed by atoms with Crippen molar-refractivity contribution in [3.63, 3.8) is 0 Å². The Kier molecular flexibility index (Phi) is 4.54. The Hall–Kier alpha value is -2.94. The number of Topliss-reactive ketones (excluding diaryl/α,β-unsaturated/α-hetero) is 1. The van der Waals surface area contributed by atoms with Crippen LogP contribution in [0.25, 0.3) is 0 Å². The van der Waals surface area contributed by atoms with Crippen LogP contribution in [0.15, 0.2) is 58.1 Å². The molecular formula is C19H14BrFN2O5. The third kappa shape index (κ3) is 2.91. The number of nitrogens with zero attached hydrogens (tertiary/aromatic N) is 1. The normalized spacial score (nSPS) is 21.1. The molecule has 3 heterocycles. The van der Waals surface area contributed by atoms with Crippen LogP contribution in [0.2, 0.25) is 0 Å². The number of benzene rings is 1. The van der Waals surface area contributed by atoms with E-state index in [9.17, 15) is 18.8 Å². The maximum atomic E-state index is 13.7. The molecule has 1 amide bonds. The largest absolute Gasteiger partial charge is 0.456 e. The molecule has 1 atom stereocenters. The molecule has 3 aliphatic heterocycles. The summed E-state index contributed by atoms with van der Waals surface area (Å²) in [6.45, 7) is 3.26. The van der Waals surface area contributed by atoms with E-state index in [4.69, 9.17) is 9.47 Å². The summed E-state index contributed by atoms with van der Waals surface area (Å²) in [6, 6.07) is 4.34. The Balaban J connectivity index is 1.81. The summed E-state index contributed by atoms with van der Waals surface area (Å²) in [4.78, 5) is 38.5. The van der Waals surface area contributed by atoms with Crippen molar-refractivity contribution < 1.29 is 28.2 Å². The zero-order valence-corrected chi connectivity index (χ0v) is 16.0. The van der Waals surface area contributed by atoms with Crippen molar-refractivity contribution >= 4 is 33.8 Å². The molecule has 144 valence electrons. The van der Waals surface area contributed by atoms with Gasteiger partial charge < -0.3 is 14.8 Å². The first kappa shape index (κ1) is 18.4. The van der Waals surface area contributed by atoms with Crippen LogP contribution in [0, 0.1) is 5.82 Å². The minimum Gasteiger partial charge on any atom is -0.456 e. The van der Waals surface area contributed by atoms with E-state index in [1.165, 1.54) is 23.1 Å². The van der Waals surface area contributed by atoms with Gasteiger partial charge in [0.05, 0.1) is 35.1 Å². The lowest BCUT2D eigenvalue weighted by Gasteiger charge is -2.36. The van der Waals surface area contributed by atoms with Crippen molar-refractivity contribution in [3.05, 3.63) is 69.4 Å². The minimum absolute atomic E-state index is 0.0368. The Labute approximate surface area is 167 Å². The summed E-state index contributed by atoms with van der Waals surface area (Å²) in [7, 11) is 0. The van der Waals surface area contributed by atoms with E-state index < -0.39 is 23.8 Å². The number of cyclic esters (lactones) is 1. The van der Waals surface area contributed by atoms with Crippen LogP contribution >= 0.6 is 15.9 Å². The number of hydrogen-bond acceptors (Lipinski definition) is 6. The SMILES string of the molecule is C=COC(=O)N1CC(=O)C2=C(C1)NC1=C(C(=O)OC1)C2c1ccc(F)c(Br)c1. The molecule has 0 fully saturated rings. The summed E-state index contributed by atoms with van der Waals surface area (Å²) in [5.41, 5.74) is 2.27. The summed E-state index contributed by atoms with van der Waals surface area (Å²) in [5, 5.41) is 3.06. The second-order valence-electron chi connectivity index (χ2n) is 6.42. The highest BCUT2D eigenvalue weighted by molar-refractivity contribution is 9.10. The molecule has 9 heteroatoms.